The second kappa shape index (κ2) is 7.18. The van der Waals surface area contributed by atoms with Gasteiger partial charge in [0.1, 0.15) is 0 Å². The van der Waals surface area contributed by atoms with Gasteiger partial charge < -0.3 is 10.6 Å². The number of carbonyl (C=O) groups is 1. The number of benzene rings is 1. The molecule has 3 aromatic rings. The number of carbonyl (C=O) groups excluding carboxylic acids is 1. The van der Waals surface area contributed by atoms with Gasteiger partial charge in [0.15, 0.2) is 0 Å². The van der Waals surface area contributed by atoms with E-state index in [-0.39, 0.29) is 10.9 Å². The van der Waals surface area contributed by atoms with E-state index < -0.39 is 10.0 Å². The Morgan fingerprint density at radius 1 is 1.04 bits per heavy atom. The fourth-order valence-electron chi connectivity index (χ4n) is 2.17. The second-order valence-corrected chi connectivity index (χ2v) is 7.05. The Labute approximate surface area is 145 Å². The van der Waals surface area contributed by atoms with Crippen molar-refractivity contribution in [2.24, 2.45) is 0 Å². The Balaban J connectivity index is 1.62. The van der Waals surface area contributed by atoms with Gasteiger partial charge in [-0.3, -0.25) is 4.98 Å². The van der Waals surface area contributed by atoms with Crippen molar-refractivity contribution < 1.29 is 13.2 Å². The zero-order valence-corrected chi connectivity index (χ0v) is 14.0. The number of nitrogens with one attached hydrogen (secondary N) is 2. The first-order valence-corrected chi connectivity index (χ1v) is 8.92. The molecule has 0 spiro atoms. The number of amides is 2. The maximum atomic E-state index is 12.3. The van der Waals surface area contributed by atoms with E-state index in [2.05, 4.69) is 15.6 Å². The van der Waals surface area contributed by atoms with Crippen molar-refractivity contribution in [1.82, 2.24) is 14.3 Å². The predicted molar refractivity (Wildman–Crippen MR) is 93.6 cm³/mol. The number of rotatable bonds is 5. The molecular weight excluding hydrogens is 340 g/mol. The first-order valence-electron chi connectivity index (χ1n) is 7.48. The SMILES string of the molecule is O=C(NCc1cccnc1)Nc1ccc(S(=O)(=O)n2cccc2)cc1. The maximum absolute atomic E-state index is 12.3. The minimum absolute atomic E-state index is 0.144. The van der Waals surface area contributed by atoms with Crippen LogP contribution in [0.25, 0.3) is 0 Å². The Hall–Kier alpha value is -3.13. The molecule has 7 nitrogen and oxygen atoms in total. The number of anilines is 1. The average molecular weight is 356 g/mol. The van der Waals surface area contributed by atoms with Crippen LogP contribution in [0.4, 0.5) is 10.5 Å². The number of nitrogens with zero attached hydrogens (tertiary/aromatic N) is 2. The lowest BCUT2D eigenvalue weighted by atomic mass is 10.3. The third kappa shape index (κ3) is 4.04. The van der Waals surface area contributed by atoms with E-state index in [0.29, 0.717) is 12.2 Å². The molecule has 0 aliphatic heterocycles. The summed E-state index contributed by atoms with van der Waals surface area (Å²) in [5, 5.41) is 5.36. The van der Waals surface area contributed by atoms with Gasteiger partial charge in [0.2, 0.25) is 0 Å². The number of pyridine rings is 1. The minimum Gasteiger partial charge on any atom is -0.334 e. The largest absolute Gasteiger partial charge is 0.334 e. The zero-order chi connectivity index (χ0) is 17.7. The fraction of sp³-hybridized carbons (Fsp3) is 0.0588. The van der Waals surface area contributed by atoms with Crippen LogP contribution in [0.3, 0.4) is 0 Å². The van der Waals surface area contributed by atoms with Crippen LogP contribution in [0.2, 0.25) is 0 Å². The van der Waals surface area contributed by atoms with E-state index in [0.717, 1.165) is 9.54 Å². The summed E-state index contributed by atoms with van der Waals surface area (Å²) in [5.74, 6) is 0. The normalized spacial score (nSPS) is 11.0. The van der Waals surface area contributed by atoms with Crippen molar-refractivity contribution in [3.05, 3.63) is 78.9 Å². The van der Waals surface area contributed by atoms with E-state index in [4.69, 9.17) is 0 Å². The summed E-state index contributed by atoms with van der Waals surface area (Å²) in [5.41, 5.74) is 1.38. The summed E-state index contributed by atoms with van der Waals surface area (Å²) < 4.78 is 25.8. The van der Waals surface area contributed by atoms with Crippen LogP contribution in [-0.4, -0.2) is 23.4 Å². The van der Waals surface area contributed by atoms with Crippen LogP contribution in [-0.2, 0) is 16.6 Å². The molecule has 0 unspecified atom stereocenters. The van der Waals surface area contributed by atoms with Crippen LogP contribution < -0.4 is 10.6 Å². The molecule has 8 heteroatoms. The van der Waals surface area contributed by atoms with Crippen molar-refractivity contribution in [3.63, 3.8) is 0 Å². The van der Waals surface area contributed by atoms with E-state index in [1.807, 2.05) is 6.07 Å². The van der Waals surface area contributed by atoms with Gasteiger partial charge in [0.25, 0.3) is 10.0 Å². The molecule has 2 N–H and O–H groups in total. The van der Waals surface area contributed by atoms with Gasteiger partial charge in [0.05, 0.1) is 4.90 Å². The van der Waals surface area contributed by atoms with Gasteiger partial charge >= 0.3 is 6.03 Å². The van der Waals surface area contributed by atoms with Crippen LogP contribution in [0.5, 0.6) is 0 Å². The highest BCUT2D eigenvalue weighted by Gasteiger charge is 2.15. The van der Waals surface area contributed by atoms with Gasteiger partial charge in [-0.15, -0.1) is 0 Å². The first-order chi connectivity index (χ1) is 12.1. The van der Waals surface area contributed by atoms with Crippen molar-refractivity contribution in [1.29, 1.82) is 0 Å². The molecule has 1 aromatic carbocycles. The van der Waals surface area contributed by atoms with Crippen LogP contribution >= 0.6 is 0 Å². The summed E-state index contributed by atoms with van der Waals surface area (Å²) in [6.07, 6.45) is 6.26. The minimum atomic E-state index is -3.61. The Kier molecular flexibility index (Phi) is 4.80. The maximum Gasteiger partial charge on any atom is 0.319 e. The Morgan fingerprint density at radius 3 is 2.40 bits per heavy atom. The molecule has 3 rings (SSSR count). The summed E-state index contributed by atoms with van der Waals surface area (Å²) in [6, 6.07) is 12.5. The smallest absolute Gasteiger partial charge is 0.319 e. The summed E-state index contributed by atoms with van der Waals surface area (Å²) in [7, 11) is -3.61. The lowest BCUT2D eigenvalue weighted by molar-refractivity contribution is 0.251. The Morgan fingerprint density at radius 2 is 1.76 bits per heavy atom. The molecule has 0 radical (unpaired) electrons. The lowest BCUT2D eigenvalue weighted by Gasteiger charge is -2.09. The molecule has 0 saturated carbocycles. The molecule has 0 bridgehead atoms. The lowest BCUT2D eigenvalue weighted by Crippen LogP contribution is -2.28. The van der Waals surface area contributed by atoms with Crippen molar-refractivity contribution in [2.45, 2.75) is 11.4 Å². The molecule has 0 atom stereocenters. The fourth-order valence-corrected chi connectivity index (χ4v) is 3.36. The highest BCUT2D eigenvalue weighted by atomic mass is 32.2. The molecule has 0 saturated heterocycles. The van der Waals surface area contributed by atoms with E-state index in [9.17, 15) is 13.2 Å². The highest BCUT2D eigenvalue weighted by Crippen LogP contribution is 2.17. The molecule has 0 aliphatic carbocycles. The number of aromatic nitrogens is 2. The van der Waals surface area contributed by atoms with Crippen LogP contribution in [0.15, 0.2) is 78.2 Å². The van der Waals surface area contributed by atoms with Gasteiger partial charge in [-0.1, -0.05) is 6.07 Å². The van der Waals surface area contributed by atoms with E-state index in [1.165, 1.54) is 24.5 Å². The molecule has 0 aliphatic rings. The topological polar surface area (TPSA) is 93.1 Å². The standard InChI is InChI=1S/C17H16N4O3S/c22-17(19-13-14-4-3-9-18-12-14)20-15-5-7-16(8-6-15)25(23,24)21-10-1-2-11-21/h1-12H,13H2,(H2,19,20,22). The van der Waals surface area contributed by atoms with Gasteiger partial charge in [-0.2, -0.15) is 0 Å². The number of urea groups is 1. The monoisotopic (exact) mass is 356 g/mol. The highest BCUT2D eigenvalue weighted by molar-refractivity contribution is 7.90. The molecule has 0 fully saturated rings. The second-order valence-electron chi connectivity index (χ2n) is 5.21. The van der Waals surface area contributed by atoms with Crippen molar-refractivity contribution in [2.75, 3.05) is 5.32 Å². The molecule has 128 valence electrons. The molecule has 2 amide bonds. The molecule has 2 aromatic heterocycles. The van der Waals surface area contributed by atoms with E-state index in [1.54, 1.807) is 42.7 Å². The van der Waals surface area contributed by atoms with Gasteiger partial charge in [-0.05, 0) is 48.0 Å². The molecule has 25 heavy (non-hydrogen) atoms. The summed E-state index contributed by atoms with van der Waals surface area (Å²) in [4.78, 5) is 16.0. The first kappa shape index (κ1) is 16.7. The van der Waals surface area contributed by atoms with Crippen LogP contribution in [0, 0.1) is 0 Å². The summed E-state index contributed by atoms with van der Waals surface area (Å²) >= 11 is 0. The van der Waals surface area contributed by atoms with E-state index >= 15 is 0 Å². The predicted octanol–water partition coefficient (Wildman–Crippen LogP) is 2.44. The molecular formula is C17H16N4O3S. The van der Waals surface area contributed by atoms with Crippen molar-refractivity contribution >= 4 is 21.7 Å². The molecule has 2 heterocycles. The zero-order valence-electron chi connectivity index (χ0n) is 13.2. The average Bonchev–Trinajstić information content (AvgIpc) is 3.17. The third-order valence-electron chi connectivity index (χ3n) is 3.44. The number of hydrogen-bond donors (Lipinski definition) is 2. The van der Waals surface area contributed by atoms with Gasteiger partial charge in [-0.25, -0.2) is 17.2 Å². The van der Waals surface area contributed by atoms with Gasteiger partial charge in [0, 0.05) is 37.0 Å². The van der Waals surface area contributed by atoms with Crippen molar-refractivity contribution in [3.8, 4) is 0 Å². The Bertz CT molecular complexity index is 937. The van der Waals surface area contributed by atoms with Crippen LogP contribution in [0.1, 0.15) is 5.56 Å². The quantitative estimate of drug-likeness (QED) is 0.734. The summed E-state index contributed by atoms with van der Waals surface area (Å²) in [6.45, 7) is 0.347. The third-order valence-corrected chi connectivity index (χ3v) is 5.11. The number of hydrogen-bond acceptors (Lipinski definition) is 4.